The number of hydrogen-bond donors (Lipinski definition) is 2. The third-order valence-corrected chi connectivity index (χ3v) is 6.66. The van der Waals surface area contributed by atoms with E-state index in [0.717, 1.165) is 12.1 Å². The number of nitrogens with zero attached hydrogens (tertiary/aromatic N) is 3. The number of fused-ring (bicyclic) bond motifs is 1. The molecule has 0 unspecified atom stereocenters. The molecule has 3 N–H and O–H groups in total. The lowest BCUT2D eigenvalue weighted by Gasteiger charge is -2.09. The van der Waals surface area contributed by atoms with Gasteiger partial charge in [0.1, 0.15) is 32.5 Å². The van der Waals surface area contributed by atoms with Crippen molar-refractivity contribution in [3.05, 3.63) is 62.3 Å². The van der Waals surface area contributed by atoms with Crippen LogP contribution in [-0.4, -0.2) is 26.6 Å². The molecule has 4 heterocycles. The Morgan fingerprint density at radius 3 is 2.47 bits per heavy atom. The van der Waals surface area contributed by atoms with Crippen LogP contribution < -0.4 is 11.1 Å². The number of alkyl halides is 7. The highest BCUT2D eigenvalue weighted by Gasteiger charge is 2.34. The van der Waals surface area contributed by atoms with E-state index < -0.39 is 65.3 Å². The van der Waals surface area contributed by atoms with E-state index in [9.17, 15) is 40.3 Å². The third-order valence-electron chi connectivity index (χ3n) is 5.17. The van der Waals surface area contributed by atoms with Gasteiger partial charge in [0.05, 0.1) is 17.3 Å². The Hall–Kier alpha value is -3.66. The predicted molar refractivity (Wildman–Crippen MR) is 121 cm³/mol. The molecule has 0 radical (unpaired) electrons. The zero-order valence-corrected chi connectivity index (χ0v) is 20.2. The first-order chi connectivity index (χ1) is 17.7. The van der Waals surface area contributed by atoms with Crippen LogP contribution in [0.4, 0.5) is 36.4 Å². The van der Waals surface area contributed by atoms with Crippen LogP contribution in [0.5, 0.6) is 0 Å². The number of carbonyl (C=O) groups is 2. The summed E-state index contributed by atoms with van der Waals surface area (Å²) >= 11 is 6.16. The van der Waals surface area contributed by atoms with Gasteiger partial charge in [-0.05, 0) is 30.7 Å². The van der Waals surface area contributed by atoms with Crippen molar-refractivity contribution in [1.29, 1.82) is 0 Å². The van der Waals surface area contributed by atoms with Gasteiger partial charge in [-0.2, -0.15) is 18.3 Å². The van der Waals surface area contributed by atoms with Crippen molar-refractivity contribution in [2.45, 2.75) is 32.5 Å². The lowest BCUT2D eigenvalue weighted by molar-refractivity contribution is -0.141. The van der Waals surface area contributed by atoms with Crippen molar-refractivity contribution in [3.8, 4) is 0 Å². The lowest BCUT2D eigenvalue weighted by atomic mass is 10.1. The second-order valence-electron chi connectivity index (χ2n) is 7.74. The van der Waals surface area contributed by atoms with E-state index in [2.05, 4.69) is 15.4 Å². The van der Waals surface area contributed by atoms with Gasteiger partial charge in [0, 0.05) is 5.39 Å². The predicted octanol–water partition coefficient (Wildman–Crippen LogP) is 6.34. The zero-order valence-electron chi connectivity index (χ0n) is 18.7. The Labute approximate surface area is 216 Å². The van der Waals surface area contributed by atoms with Crippen LogP contribution in [0.1, 0.15) is 61.5 Å². The summed E-state index contributed by atoms with van der Waals surface area (Å²) in [6.45, 7) is 0.734. The average Bonchev–Trinajstić information content (AvgIpc) is 3.49. The maximum Gasteiger partial charge on any atom is 0.433 e. The minimum atomic E-state index is -4.76. The minimum Gasteiger partial charge on any atom is -0.454 e. The number of halogens is 8. The van der Waals surface area contributed by atoms with E-state index in [0.29, 0.717) is 16.0 Å². The molecule has 0 atom stereocenters. The number of primary amides is 1. The molecule has 17 heteroatoms. The summed E-state index contributed by atoms with van der Waals surface area (Å²) in [6, 6.07) is 3.05. The van der Waals surface area contributed by atoms with Crippen molar-refractivity contribution in [1.82, 2.24) is 14.8 Å². The number of nitrogens with two attached hydrogens (primary N) is 1. The number of rotatable bonds is 7. The standard InChI is InChI=1S/C21H13ClF7N5O3S/c1-6-4-9(21(27,28)29)31-20-10(6)12(15(38-20)18(30)35)32-19(36)8-3-2-7(37-8)5-34-14(17(25)26)11(22)13(33-34)16(23)24/h2-4,16-17H,5H2,1H3,(H2,30,35)(H,32,36). The summed E-state index contributed by atoms with van der Waals surface area (Å²) in [5.41, 5.74) is 1.97. The summed E-state index contributed by atoms with van der Waals surface area (Å²) in [4.78, 5) is 27.8. The number of nitrogens with one attached hydrogen (secondary N) is 1. The van der Waals surface area contributed by atoms with Gasteiger partial charge >= 0.3 is 6.18 Å². The molecular weight excluding hydrogens is 571 g/mol. The van der Waals surface area contributed by atoms with E-state index in [1.165, 1.54) is 13.0 Å². The molecule has 38 heavy (non-hydrogen) atoms. The Bertz CT molecular complexity index is 1560. The van der Waals surface area contributed by atoms with E-state index in [4.69, 9.17) is 21.8 Å². The molecule has 2 amide bonds. The van der Waals surface area contributed by atoms with Crippen LogP contribution >= 0.6 is 22.9 Å². The van der Waals surface area contributed by atoms with Gasteiger partial charge in [-0.25, -0.2) is 22.5 Å². The second-order valence-corrected chi connectivity index (χ2v) is 9.11. The lowest BCUT2D eigenvalue weighted by Crippen LogP contribution is -2.16. The van der Waals surface area contributed by atoms with Gasteiger partial charge < -0.3 is 15.5 Å². The molecule has 0 bridgehead atoms. The van der Waals surface area contributed by atoms with Crippen LogP contribution in [0.25, 0.3) is 10.2 Å². The van der Waals surface area contributed by atoms with Crippen molar-refractivity contribution >= 4 is 50.7 Å². The van der Waals surface area contributed by atoms with Crippen LogP contribution in [0, 0.1) is 6.92 Å². The maximum absolute atomic E-state index is 13.4. The normalized spacial score (nSPS) is 12.2. The van der Waals surface area contributed by atoms with Crippen molar-refractivity contribution < 1.29 is 44.7 Å². The van der Waals surface area contributed by atoms with Gasteiger partial charge in [-0.15, -0.1) is 11.3 Å². The number of pyridine rings is 1. The van der Waals surface area contributed by atoms with Crippen LogP contribution in [0.15, 0.2) is 22.6 Å². The van der Waals surface area contributed by atoms with Gasteiger partial charge in [-0.3, -0.25) is 14.3 Å². The van der Waals surface area contributed by atoms with Gasteiger partial charge in [0.2, 0.25) is 0 Å². The van der Waals surface area contributed by atoms with E-state index in [-0.39, 0.29) is 32.1 Å². The highest BCUT2D eigenvalue weighted by atomic mass is 35.5. The highest BCUT2D eigenvalue weighted by molar-refractivity contribution is 7.21. The molecule has 0 aliphatic rings. The Morgan fingerprint density at radius 2 is 1.89 bits per heavy atom. The summed E-state index contributed by atoms with van der Waals surface area (Å²) in [6.07, 6.45) is -11.2. The van der Waals surface area contributed by atoms with E-state index in [1.807, 2.05) is 0 Å². The number of hydrogen-bond acceptors (Lipinski definition) is 6. The van der Waals surface area contributed by atoms with Gasteiger partial charge in [-0.1, -0.05) is 11.6 Å². The molecule has 0 aliphatic carbocycles. The molecule has 8 nitrogen and oxygen atoms in total. The van der Waals surface area contributed by atoms with Crippen LogP contribution in [0.2, 0.25) is 5.02 Å². The molecule has 0 aliphatic heterocycles. The van der Waals surface area contributed by atoms with Gasteiger partial charge in [0.15, 0.2) is 5.76 Å². The molecule has 0 fully saturated rings. The SMILES string of the molecule is Cc1cc(C(F)(F)F)nc2sc(C(N)=O)c(NC(=O)c3ccc(Cn4nc(C(F)F)c(Cl)c4C(F)F)o3)c12. The first-order valence-corrected chi connectivity index (χ1v) is 11.4. The maximum atomic E-state index is 13.4. The van der Waals surface area contributed by atoms with Crippen molar-refractivity contribution in [2.24, 2.45) is 5.73 Å². The summed E-state index contributed by atoms with van der Waals surface area (Å²) in [5.74, 6) is -2.56. The molecule has 0 saturated carbocycles. The number of aryl methyl sites for hydroxylation is 1. The summed E-state index contributed by atoms with van der Waals surface area (Å²) < 4.78 is 98.2. The number of aromatic nitrogens is 3. The summed E-state index contributed by atoms with van der Waals surface area (Å²) in [5, 5.41) is 4.90. The van der Waals surface area contributed by atoms with E-state index >= 15 is 0 Å². The number of furan rings is 1. The Morgan fingerprint density at radius 1 is 1.21 bits per heavy atom. The molecule has 4 aromatic rings. The molecule has 4 aromatic heterocycles. The Kier molecular flexibility index (Phi) is 7.13. The minimum absolute atomic E-state index is 0.0456. The van der Waals surface area contributed by atoms with Gasteiger partial charge in [0.25, 0.3) is 24.7 Å². The average molecular weight is 584 g/mol. The zero-order chi connectivity index (χ0) is 28.1. The topological polar surface area (TPSA) is 116 Å². The number of anilines is 1. The fourth-order valence-corrected chi connectivity index (χ4v) is 4.93. The molecule has 0 aromatic carbocycles. The van der Waals surface area contributed by atoms with Crippen molar-refractivity contribution in [3.63, 3.8) is 0 Å². The fraction of sp³-hybridized carbons (Fsp3) is 0.238. The largest absolute Gasteiger partial charge is 0.454 e. The van der Waals surface area contributed by atoms with E-state index in [1.54, 1.807) is 0 Å². The fourth-order valence-electron chi connectivity index (χ4n) is 3.57. The van der Waals surface area contributed by atoms with Crippen molar-refractivity contribution in [2.75, 3.05) is 5.32 Å². The molecule has 0 spiro atoms. The second kappa shape index (κ2) is 9.90. The van der Waals surface area contributed by atoms with Crippen LogP contribution in [-0.2, 0) is 12.7 Å². The number of thiophene rings is 1. The number of carbonyl (C=O) groups excluding carboxylic acids is 2. The molecule has 0 saturated heterocycles. The molecule has 202 valence electrons. The third kappa shape index (κ3) is 5.05. The molecular formula is C21H13ClF7N5O3S. The smallest absolute Gasteiger partial charge is 0.433 e. The highest BCUT2D eigenvalue weighted by Crippen LogP contribution is 2.40. The summed E-state index contributed by atoms with van der Waals surface area (Å²) in [7, 11) is 0. The molecule has 4 rings (SSSR count). The monoisotopic (exact) mass is 583 g/mol. The quantitative estimate of drug-likeness (QED) is 0.246. The first kappa shape index (κ1) is 27.4. The Balaban J connectivity index is 1.65. The first-order valence-electron chi connectivity index (χ1n) is 10.2. The van der Waals surface area contributed by atoms with Crippen LogP contribution in [0.3, 0.4) is 0 Å². The number of amides is 2.